The van der Waals surface area contributed by atoms with Crippen LogP contribution < -0.4 is 5.32 Å². The third kappa shape index (κ3) is 3.79. The minimum atomic E-state index is 0.414. The van der Waals surface area contributed by atoms with Gasteiger partial charge in [-0.05, 0) is 41.6 Å². The molecule has 0 bridgehead atoms. The van der Waals surface area contributed by atoms with Crippen LogP contribution in [-0.2, 0) is 0 Å². The zero-order valence-corrected chi connectivity index (χ0v) is 14.4. The highest BCUT2D eigenvalue weighted by Crippen LogP contribution is 2.35. The molecule has 1 aromatic carbocycles. The van der Waals surface area contributed by atoms with E-state index in [2.05, 4.69) is 76.0 Å². The lowest BCUT2D eigenvalue weighted by Gasteiger charge is -2.40. The molecule has 1 aromatic rings. The second-order valence-corrected chi connectivity index (χ2v) is 8.23. The van der Waals surface area contributed by atoms with Gasteiger partial charge in [0.25, 0.3) is 0 Å². The van der Waals surface area contributed by atoms with Crippen LogP contribution in [-0.4, -0.2) is 17.5 Å². The first-order valence-corrected chi connectivity index (χ1v) is 8.99. The van der Waals surface area contributed by atoms with Crippen molar-refractivity contribution in [1.29, 1.82) is 0 Å². The Morgan fingerprint density at radius 3 is 2.25 bits per heavy atom. The molecule has 0 saturated carbocycles. The van der Waals surface area contributed by atoms with E-state index >= 15 is 0 Å². The molecule has 2 atom stereocenters. The van der Waals surface area contributed by atoms with Gasteiger partial charge in [-0.3, -0.25) is 0 Å². The van der Waals surface area contributed by atoms with Gasteiger partial charge in [-0.25, -0.2) is 0 Å². The Kier molecular flexibility index (Phi) is 5.19. The third-order valence-electron chi connectivity index (χ3n) is 4.67. The Morgan fingerprint density at radius 2 is 1.70 bits per heavy atom. The van der Waals surface area contributed by atoms with Gasteiger partial charge >= 0.3 is 0 Å². The van der Waals surface area contributed by atoms with Crippen molar-refractivity contribution >= 4 is 11.8 Å². The van der Waals surface area contributed by atoms with E-state index in [1.165, 1.54) is 29.1 Å². The quantitative estimate of drug-likeness (QED) is 0.838. The van der Waals surface area contributed by atoms with Crippen molar-refractivity contribution in [2.24, 2.45) is 5.41 Å². The predicted molar refractivity (Wildman–Crippen MR) is 91.6 cm³/mol. The Bertz CT molecular complexity index is 422. The molecule has 2 heteroatoms. The molecule has 0 aromatic heterocycles. The lowest BCUT2D eigenvalue weighted by molar-refractivity contribution is 0.232. The molecule has 112 valence electrons. The predicted octanol–water partition coefficient (Wildman–Crippen LogP) is 4.99. The largest absolute Gasteiger partial charge is 0.306 e. The van der Waals surface area contributed by atoms with E-state index in [1.807, 2.05) is 0 Å². The van der Waals surface area contributed by atoms with Crippen molar-refractivity contribution in [3.8, 4) is 0 Å². The molecule has 0 aliphatic carbocycles. The highest BCUT2D eigenvalue weighted by Gasteiger charge is 2.33. The molecule has 1 aliphatic heterocycles. The molecule has 2 rings (SSSR count). The van der Waals surface area contributed by atoms with E-state index in [1.54, 1.807) is 0 Å². The maximum absolute atomic E-state index is 3.85. The fourth-order valence-electron chi connectivity index (χ4n) is 2.78. The number of hydrogen-bond acceptors (Lipinski definition) is 2. The summed E-state index contributed by atoms with van der Waals surface area (Å²) >= 11 is 2.09. The summed E-state index contributed by atoms with van der Waals surface area (Å²) in [5.41, 5.74) is 3.24. The maximum atomic E-state index is 3.85. The van der Waals surface area contributed by atoms with Gasteiger partial charge in [-0.1, -0.05) is 52.0 Å². The van der Waals surface area contributed by atoms with Crippen LogP contribution in [0.2, 0.25) is 0 Å². The van der Waals surface area contributed by atoms with Crippen LogP contribution in [0.1, 0.15) is 64.1 Å². The monoisotopic (exact) mass is 291 g/mol. The van der Waals surface area contributed by atoms with Crippen LogP contribution in [0.3, 0.4) is 0 Å². The van der Waals surface area contributed by atoms with Gasteiger partial charge in [-0.15, -0.1) is 0 Å². The zero-order chi connectivity index (χ0) is 14.8. The Hall–Kier alpha value is -0.470. The Balaban J connectivity index is 2.02. The van der Waals surface area contributed by atoms with Gasteiger partial charge in [0, 0.05) is 17.8 Å². The lowest BCUT2D eigenvalue weighted by Crippen LogP contribution is -2.47. The summed E-state index contributed by atoms with van der Waals surface area (Å²) < 4.78 is 0. The molecule has 1 N–H and O–H groups in total. The molecule has 1 nitrogen and oxygen atoms in total. The SMILES string of the molecule is CC(C)c1ccc(C(C)NC2CSCCC2(C)C)cc1. The smallest absolute Gasteiger partial charge is 0.0294 e. The number of nitrogens with one attached hydrogen (secondary N) is 1. The van der Waals surface area contributed by atoms with E-state index < -0.39 is 0 Å². The van der Waals surface area contributed by atoms with Crippen molar-refractivity contribution in [2.75, 3.05) is 11.5 Å². The number of rotatable bonds is 4. The zero-order valence-electron chi connectivity index (χ0n) is 13.6. The molecule has 0 amide bonds. The molecule has 0 spiro atoms. The van der Waals surface area contributed by atoms with Gasteiger partial charge in [0.1, 0.15) is 0 Å². The summed E-state index contributed by atoms with van der Waals surface area (Å²) in [5, 5.41) is 3.85. The molecule has 0 radical (unpaired) electrons. The summed E-state index contributed by atoms with van der Waals surface area (Å²) in [6.45, 7) is 11.6. The highest BCUT2D eigenvalue weighted by atomic mass is 32.2. The van der Waals surface area contributed by atoms with E-state index in [-0.39, 0.29) is 0 Å². The average Bonchev–Trinajstić information content (AvgIpc) is 2.41. The standard InChI is InChI=1S/C18H29NS/c1-13(2)15-6-8-16(9-7-15)14(3)19-17-12-20-11-10-18(17,4)5/h6-9,13-14,17,19H,10-12H2,1-5H3. The average molecular weight is 292 g/mol. The van der Waals surface area contributed by atoms with Crippen molar-refractivity contribution in [2.45, 2.75) is 59.0 Å². The topological polar surface area (TPSA) is 12.0 Å². The van der Waals surface area contributed by atoms with Crippen LogP contribution in [0.5, 0.6) is 0 Å². The first-order valence-electron chi connectivity index (χ1n) is 7.84. The van der Waals surface area contributed by atoms with Crippen LogP contribution in [0.25, 0.3) is 0 Å². The van der Waals surface area contributed by atoms with Crippen LogP contribution in [0.15, 0.2) is 24.3 Å². The van der Waals surface area contributed by atoms with E-state index in [4.69, 9.17) is 0 Å². The van der Waals surface area contributed by atoms with Crippen molar-refractivity contribution in [1.82, 2.24) is 5.32 Å². The Morgan fingerprint density at radius 1 is 1.10 bits per heavy atom. The molecule has 20 heavy (non-hydrogen) atoms. The lowest BCUT2D eigenvalue weighted by atomic mass is 9.81. The molecular weight excluding hydrogens is 262 g/mol. The fraction of sp³-hybridized carbons (Fsp3) is 0.667. The third-order valence-corrected chi connectivity index (χ3v) is 5.73. The summed E-state index contributed by atoms with van der Waals surface area (Å²) in [4.78, 5) is 0. The van der Waals surface area contributed by atoms with E-state index in [0.29, 0.717) is 23.4 Å². The van der Waals surface area contributed by atoms with Crippen molar-refractivity contribution < 1.29 is 0 Å². The van der Waals surface area contributed by atoms with Crippen LogP contribution >= 0.6 is 11.8 Å². The second kappa shape index (κ2) is 6.53. The van der Waals surface area contributed by atoms with E-state index in [0.717, 1.165) is 0 Å². The summed E-state index contributed by atoms with van der Waals surface area (Å²) in [7, 11) is 0. The van der Waals surface area contributed by atoms with E-state index in [9.17, 15) is 0 Å². The summed E-state index contributed by atoms with van der Waals surface area (Å²) in [6, 6.07) is 10.2. The van der Waals surface area contributed by atoms with Crippen molar-refractivity contribution in [3.63, 3.8) is 0 Å². The molecule has 1 aliphatic rings. The number of thioether (sulfide) groups is 1. The van der Waals surface area contributed by atoms with Crippen molar-refractivity contribution in [3.05, 3.63) is 35.4 Å². The second-order valence-electron chi connectivity index (χ2n) is 7.08. The normalized spacial score (nSPS) is 23.8. The first kappa shape index (κ1) is 15.9. The van der Waals surface area contributed by atoms with Gasteiger partial charge in [0.2, 0.25) is 0 Å². The highest BCUT2D eigenvalue weighted by molar-refractivity contribution is 7.99. The number of benzene rings is 1. The van der Waals surface area contributed by atoms with Gasteiger partial charge in [0.15, 0.2) is 0 Å². The summed E-state index contributed by atoms with van der Waals surface area (Å²) in [6.07, 6.45) is 1.31. The van der Waals surface area contributed by atoms with Gasteiger partial charge in [-0.2, -0.15) is 11.8 Å². The van der Waals surface area contributed by atoms with Gasteiger partial charge in [0.05, 0.1) is 0 Å². The minimum Gasteiger partial charge on any atom is -0.306 e. The minimum absolute atomic E-state index is 0.414. The van der Waals surface area contributed by atoms with Crippen LogP contribution in [0.4, 0.5) is 0 Å². The van der Waals surface area contributed by atoms with Crippen LogP contribution in [0, 0.1) is 5.41 Å². The molecular formula is C18H29NS. The number of hydrogen-bond donors (Lipinski definition) is 1. The molecule has 1 heterocycles. The molecule has 1 saturated heterocycles. The molecule has 2 unspecified atom stereocenters. The van der Waals surface area contributed by atoms with Gasteiger partial charge < -0.3 is 5.32 Å². The molecule has 1 fully saturated rings. The summed E-state index contributed by atoms with van der Waals surface area (Å²) in [5.74, 6) is 3.16. The Labute approximate surface area is 128 Å². The first-order chi connectivity index (χ1) is 9.40. The fourth-order valence-corrected chi connectivity index (χ4v) is 4.40. The maximum Gasteiger partial charge on any atom is 0.0294 e.